The highest BCUT2D eigenvalue weighted by molar-refractivity contribution is 6.04. The fourth-order valence-electron chi connectivity index (χ4n) is 1.92. The minimum atomic E-state index is -0.300. The lowest BCUT2D eigenvalue weighted by Crippen LogP contribution is -2.16. The Morgan fingerprint density at radius 2 is 1.89 bits per heavy atom. The number of hydrogen-bond acceptors (Lipinski definition) is 2. The molecule has 0 amide bonds. The average Bonchev–Trinajstić information content (AvgIpc) is 2.38. The predicted molar refractivity (Wildman–Crippen MR) is 69.3 cm³/mol. The Morgan fingerprint density at radius 1 is 1.11 bits per heavy atom. The Kier molecular flexibility index (Phi) is 2.59. The summed E-state index contributed by atoms with van der Waals surface area (Å²) < 4.78 is 18.7. The third-order valence-electron chi connectivity index (χ3n) is 2.93. The number of hydrogen-bond donors (Lipinski definition) is 0. The van der Waals surface area contributed by atoms with Gasteiger partial charge in [0.15, 0.2) is 0 Å². The summed E-state index contributed by atoms with van der Waals surface area (Å²) in [6.07, 6.45) is 0. The minimum Gasteiger partial charge on any atom is -0.485 e. The Bertz CT molecular complexity index is 617. The monoisotopic (exact) mass is 241 g/mol. The molecule has 1 heterocycles. The molecule has 3 heteroatoms. The van der Waals surface area contributed by atoms with Crippen molar-refractivity contribution in [2.45, 2.75) is 6.92 Å². The van der Waals surface area contributed by atoms with Crippen LogP contribution in [0.5, 0.6) is 5.75 Å². The predicted octanol–water partition coefficient (Wildman–Crippen LogP) is 3.65. The van der Waals surface area contributed by atoms with Crippen LogP contribution in [-0.4, -0.2) is 12.3 Å². The van der Waals surface area contributed by atoms with Crippen LogP contribution in [0.4, 0.5) is 10.1 Å². The molecule has 0 aromatic heterocycles. The van der Waals surface area contributed by atoms with Crippen molar-refractivity contribution in [2.75, 3.05) is 6.61 Å². The number of nitrogens with zero attached hydrogens (tertiary/aromatic N) is 1. The smallest absolute Gasteiger partial charge is 0.145 e. The zero-order valence-corrected chi connectivity index (χ0v) is 9.98. The molecule has 3 rings (SSSR count). The first-order valence-corrected chi connectivity index (χ1v) is 5.79. The molecule has 90 valence electrons. The summed E-state index contributed by atoms with van der Waals surface area (Å²) in [5, 5.41) is 0. The highest BCUT2D eigenvalue weighted by Crippen LogP contribution is 2.32. The largest absolute Gasteiger partial charge is 0.485 e. The third kappa shape index (κ3) is 1.99. The first-order chi connectivity index (χ1) is 8.72. The minimum absolute atomic E-state index is 0.300. The topological polar surface area (TPSA) is 21.6 Å². The van der Waals surface area contributed by atoms with E-state index in [2.05, 4.69) is 4.99 Å². The number of fused-ring (bicyclic) bond motifs is 1. The molecule has 0 aliphatic carbocycles. The van der Waals surface area contributed by atoms with E-state index >= 15 is 0 Å². The van der Waals surface area contributed by atoms with E-state index in [1.165, 1.54) is 17.7 Å². The van der Waals surface area contributed by atoms with Crippen molar-refractivity contribution in [3.63, 3.8) is 0 Å². The number of aryl methyl sites for hydroxylation is 1. The second-order valence-electron chi connectivity index (χ2n) is 4.33. The van der Waals surface area contributed by atoms with Gasteiger partial charge in [-0.2, -0.15) is 0 Å². The molecule has 0 saturated heterocycles. The van der Waals surface area contributed by atoms with Crippen LogP contribution < -0.4 is 4.74 Å². The first kappa shape index (κ1) is 11.0. The Balaban J connectivity index is 2.02. The van der Waals surface area contributed by atoms with Crippen molar-refractivity contribution < 1.29 is 9.13 Å². The maximum Gasteiger partial charge on any atom is 0.145 e. The second-order valence-corrected chi connectivity index (χ2v) is 4.33. The number of aliphatic imine (C=N–C) groups is 1. The number of benzene rings is 2. The van der Waals surface area contributed by atoms with Gasteiger partial charge in [-0.15, -0.1) is 0 Å². The van der Waals surface area contributed by atoms with Crippen LogP contribution in [0.15, 0.2) is 47.5 Å². The van der Waals surface area contributed by atoms with Gasteiger partial charge in [-0.05, 0) is 24.6 Å². The molecule has 0 spiro atoms. The first-order valence-electron chi connectivity index (χ1n) is 5.79. The van der Waals surface area contributed by atoms with Crippen molar-refractivity contribution in [1.29, 1.82) is 0 Å². The molecule has 2 aromatic rings. The van der Waals surface area contributed by atoms with E-state index in [9.17, 15) is 4.39 Å². The summed E-state index contributed by atoms with van der Waals surface area (Å²) in [5.41, 5.74) is 3.59. The van der Waals surface area contributed by atoms with Gasteiger partial charge in [0.1, 0.15) is 23.9 Å². The van der Waals surface area contributed by atoms with Gasteiger partial charge in [0.2, 0.25) is 0 Å². The van der Waals surface area contributed by atoms with Gasteiger partial charge in [-0.25, -0.2) is 9.38 Å². The van der Waals surface area contributed by atoms with Gasteiger partial charge < -0.3 is 4.74 Å². The van der Waals surface area contributed by atoms with Gasteiger partial charge in [0.25, 0.3) is 0 Å². The molecule has 0 atom stereocenters. The van der Waals surface area contributed by atoms with Gasteiger partial charge in [-0.1, -0.05) is 29.8 Å². The van der Waals surface area contributed by atoms with E-state index in [1.807, 2.05) is 31.2 Å². The third-order valence-corrected chi connectivity index (χ3v) is 2.93. The normalized spacial score (nSPS) is 13.6. The maximum atomic E-state index is 13.2. The van der Waals surface area contributed by atoms with Crippen molar-refractivity contribution in [1.82, 2.24) is 0 Å². The fraction of sp³-hybridized carbons (Fsp3) is 0.133. The molecule has 0 radical (unpaired) electrons. The fourth-order valence-corrected chi connectivity index (χ4v) is 1.92. The van der Waals surface area contributed by atoms with Gasteiger partial charge in [0.05, 0.1) is 5.71 Å². The zero-order chi connectivity index (χ0) is 12.5. The average molecular weight is 241 g/mol. The SMILES string of the molecule is Cc1ccc(C2=Nc3cc(F)ccc3OC2)cc1. The molecule has 1 aliphatic rings. The van der Waals surface area contributed by atoms with E-state index in [-0.39, 0.29) is 5.82 Å². The van der Waals surface area contributed by atoms with Crippen molar-refractivity contribution >= 4 is 11.4 Å². The molecule has 2 aromatic carbocycles. The van der Waals surface area contributed by atoms with E-state index in [0.717, 1.165) is 11.3 Å². The molecule has 0 fully saturated rings. The highest BCUT2D eigenvalue weighted by Gasteiger charge is 2.14. The molecular formula is C15H12FNO. The van der Waals surface area contributed by atoms with E-state index in [0.29, 0.717) is 18.0 Å². The number of ether oxygens (including phenoxy) is 1. The molecule has 1 aliphatic heterocycles. The van der Waals surface area contributed by atoms with Crippen LogP contribution in [-0.2, 0) is 0 Å². The van der Waals surface area contributed by atoms with Crippen LogP contribution in [0, 0.1) is 12.7 Å². The van der Waals surface area contributed by atoms with E-state index in [1.54, 1.807) is 6.07 Å². The van der Waals surface area contributed by atoms with E-state index < -0.39 is 0 Å². The second kappa shape index (κ2) is 4.26. The van der Waals surface area contributed by atoms with Crippen molar-refractivity contribution in [2.24, 2.45) is 4.99 Å². The summed E-state index contributed by atoms with van der Waals surface area (Å²) >= 11 is 0. The molecule has 0 saturated carbocycles. The lowest BCUT2D eigenvalue weighted by Gasteiger charge is -2.17. The number of halogens is 1. The summed E-state index contributed by atoms with van der Waals surface area (Å²) in [6.45, 7) is 2.45. The van der Waals surface area contributed by atoms with Crippen LogP contribution >= 0.6 is 0 Å². The van der Waals surface area contributed by atoms with Gasteiger partial charge in [-0.3, -0.25) is 0 Å². The van der Waals surface area contributed by atoms with Crippen LogP contribution in [0.3, 0.4) is 0 Å². The Morgan fingerprint density at radius 3 is 2.67 bits per heavy atom. The van der Waals surface area contributed by atoms with E-state index in [4.69, 9.17) is 4.74 Å². The summed E-state index contributed by atoms with van der Waals surface area (Å²) in [5.74, 6) is 0.332. The molecule has 0 bridgehead atoms. The Hall–Kier alpha value is -2.16. The molecule has 18 heavy (non-hydrogen) atoms. The maximum absolute atomic E-state index is 13.2. The highest BCUT2D eigenvalue weighted by atomic mass is 19.1. The van der Waals surface area contributed by atoms with Crippen LogP contribution in [0.2, 0.25) is 0 Å². The van der Waals surface area contributed by atoms with Crippen LogP contribution in [0.25, 0.3) is 0 Å². The van der Waals surface area contributed by atoms with Crippen molar-refractivity contribution in [3.05, 3.63) is 59.4 Å². The lowest BCUT2D eigenvalue weighted by molar-refractivity contribution is 0.372. The quantitative estimate of drug-likeness (QED) is 0.746. The van der Waals surface area contributed by atoms with Crippen molar-refractivity contribution in [3.8, 4) is 5.75 Å². The lowest BCUT2D eigenvalue weighted by atomic mass is 10.1. The standard InChI is InChI=1S/C15H12FNO/c1-10-2-4-11(5-3-10)14-9-18-15-7-6-12(16)8-13(15)17-14/h2-8H,9H2,1H3. The van der Waals surface area contributed by atoms with Crippen LogP contribution in [0.1, 0.15) is 11.1 Å². The summed E-state index contributed by atoms with van der Waals surface area (Å²) in [7, 11) is 0. The molecular weight excluding hydrogens is 229 g/mol. The Labute approximate surface area is 105 Å². The number of rotatable bonds is 1. The molecule has 0 N–H and O–H groups in total. The molecule has 2 nitrogen and oxygen atoms in total. The summed E-state index contributed by atoms with van der Waals surface area (Å²) in [6, 6.07) is 12.4. The van der Waals surface area contributed by atoms with Gasteiger partial charge >= 0.3 is 0 Å². The van der Waals surface area contributed by atoms with Gasteiger partial charge in [0, 0.05) is 6.07 Å². The summed E-state index contributed by atoms with van der Waals surface area (Å²) in [4.78, 5) is 4.46. The molecule has 0 unspecified atom stereocenters. The zero-order valence-electron chi connectivity index (χ0n) is 9.98.